The van der Waals surface area contributed by atoms with E-state index in [0.29, 0.717) is 0 Å². The minimum absolute atomic E-state index is 0.928. The molecule has 0 fully saturated rings. The van der Waals surface area contributed by atoms with Crippen LogP contribution < -0.4 is 5.19 Å². The Labute approximate surface area is 88.8 Å². The Morgan fingerprint density at radius 3 is 2.79 bits per heavy atom. The SMILES string of the molecule is CCCCO[SiH](C)c1cccc(C)c1. The smallest absolute Gasteiger partial charge is 0.205 e. The highest BCUT2D eigenvalue weighted by atomic mass is 28.3. The monoisotopic (exact) mass is 208 g/mol. The summed E-state index contributed by atoms with van der Waals surface area (Å²) in [6.45, 7) is 7.52. The Kier molecular flexibility index (Phi) is 4.91. The molecule has 0 aliphatic carbocycles. The fourth-order valence-electron chi connectivity index (χ4n) is 1.42. The Morgan fingerprint density at radius 1 is 1.36 bits per heavy atom. The van der Waals surface area contributed by atoms with Crippen LogP contribution in [0.4, 0.5) is 0 Å². The molecule has 1 atom stereocenters. The molecule has 1 unspecified atom stereocenters. The number of aryl methyl sites for hydroxylation is 1. The van der Waals surface area contributed by atoms with Crippen LogP contribution >= 0.6 is 0 Å². The van der Waals surface area contributed by atoms with Crippen LogP contribution in [0, 0.1) is 6.92 Å². The highest BCUT2D eigenvalue weighted by Crippen LogP contribution is 1.97. The lowest BCUT2D eigenvalue weighted by molar-refractivity contribution is 0.320. The summed E-state index contributed by atoms with van der Waals surface area (Å²) < 4.78 is 5.86. The first-order valence-electron chi connectivity index (χ1n) is 5.42. The van der Waals surface area contributed by atoms with Gasteiger partial charge in [0.1, 0.15) is 0 Å². The summed E-state index contributed by atoms with van der Waals surface area (Å²) >= 11 is 0. The van der Waals surface area contributed by atoms with Gasteiger partial charge in [-0.1, -0.05) is 43.2 Å². The number of unbranched alkanes of at least 4 members (excludes halogenated alkanes) is 1. The van der Waals surface area contributed by atoms with Crippen molar-refractivity contribution < 1.29 is 4.43 Å². The van der Waals surface area contributed by atoms with Crippen molar-refractivity contribution in [1.29, 1.82) is 0 Å². The second-order valence-electron chi connectivity index (χ2n) is 3.78. The molecule has 0 bridgehead atoms. The molecule has 1 aromatic carbocycles. The van der Waals surface area contributed by atoms with Crippen LogP contribution in [0.1, 0.15) is 25.3 Å². The highest BCUT2D eigenvalue weighted by Gasteiger charge is 2.07. The van der Waals surface area contributed by atoms with Crippen molar-refractivity contribution in [2.75, 3.05) is 6.61 Å². The minimum atomic E-state index is -1.12. The van der Waals surface area contributed by atoms with E-state index in [-0.39, 0.29) is 0 Å². The van der Waals surface area contributed by atoms with E-state index in [9.17, 15) is 0 Å². The zero-order valence-corrected chi connectivity index (χ0v) is 10.6. The molecule has 0 radical (unpaired) electrons. The molecule has 0 spiro atoms. The Bertz CT molecular complexity index is 273. The van der Waals surface area contributed by atoms with Gasteiger partial charge in [-0.05, 0) is 25.1 Å². The van der Waals surface area contributed by atoms with Gasteiger partial charge >= 0.3 is 0 Å². The van der Waals surface area contributed by atoms with Crippen LogP contribution in [-0.4, -0.2) is 15.6 Å². The van der Waals surface area contributed by atoms with Crippen LogP contribution in [0.3, 0.4) is 0 Å². The standard InChI is InChI=1S/C12H20OSi/c1-4-5-9-13-14(3)12-8-6-7-11(2)10-12/h6-8,10,14H,4-5,9H2,1-3H3. The van der Waals surface area contributed by atoms with Crippen LogP contribution in [0.15, 0.2) is 24.3 Å². The van der Waals surface area contributed by atoms with Crippen LogP contribution in [0.25, 0.3) is 0 Å². The number of hydrogen-bond donors (Lipinski definition) is 0. The van der Waals surface area contributed by atoms with Crippen molar-refractivity contribution >= 4 is 14.2 Å². The predicted octanol–water partition coefficient (Wildman–Crippen LogP) is 2.37. The van der Waals surface area contributed by atoms with Gasteiger partial charge in [0.05, 0.1) is 0 Å². The lowest BCUT2D eigenvalue weighted by atomic mass is 10.2. The van der Waals surface area contributed by atoms with Gasteiger partial charge in [-0.25, -0.2) is 0 Å². The topological polar surface area (TPSA) is 9.23 Å². The third kappa shape index (κ3) is 3.64. The summed E-state index contributed by atoms with van der Waals surface area (Å²) in [6.07, 6.45) is 2.40. The molecule has 0 heterocycles. The van der Waals surface area contributed by atoms with E-state index in [1.165, 1.54) is 23.6 Å². The maximum Gasteiger partial charge on any atom is 0.205 e. The van der Waals surface area contributed by atoms with Crippen molar-refractivity contribution in [3.05, 3.63) is 29.8 Å². The molecule has 1 rings (SSSR count). The molecule has 0 aliphatic heterocycles. The van der Waals surface area contributed by atoms with Crippen LogP contribution in [0.2, 0.25) is 6.55 Å². The maximum atomic E-state index is 5.86. The van der Waals surface area contributed by atoms with Crippen molar-refractivity contribution in [2.45, 2.75) is 33.2 Å². The lowest BCUT2D eigenvalue weighted by Crippen LogP contribution is -2.30. The summed E-state index contributed by atoms with van der Waals surface area (Å²) in [6, 6.07) is 8.70. The Balaban J connectivity index is 2.47. The lowest BCUT2D eigenvalue weighted by Gasteiger charge is -2.11. The molecule has 2 heteroatoms. The molecule has 0 aromatic heterocycles. The number of rotatable bonds is 5. The summed E-state index contributed by atoms with van der Waals surface area (Å²) in [4.78, 5) is 0. The molecule has 14 heavy (non-hydrogen) atoms. The average molecular weight is 208 g/mol. The van der Waals surface area contributed by atoms with E-state index in [4.69, 9.17) is 4.43 Å². The molecule has 0 N–H and O–H groups in total. The minimum Gasteiger partial charge on any atom is -0.416 e. The summed E-state index contributed by atoms with van der Waals surface area (Å²) in [5, 5.41) is 1.42. The van der Waals surface area contributed by atoms with Gasteiger partial charge in [0.25, 0.3) is 0 Å². The van der Waals surface area contributed by atoms with Crippen LogP contribution in [-0.2, 0) is 4.43 Å². The molecule has 1 aromatic rings. The fraction of sp³-hybridized carbons (Fsp3) is 0.500. The van der Waals surface area contributed by atoms with E-state index in [0.717, 1.165) is 6.61 Å². The van der Waals surface area contributed by atoms with E-state index < -0.39 is 9.04 Å². The third-order valence-corrected chi connectivity index (χ3v) is 4.41. The number of benzene rings is 1. The maximum absolute atomic E-state index is 5.86. The van der Waals surface area contributed by atoms with Crippen molar-refractivity contribution in [1.82, 2.24) is 0 Å². The van der Waals surface area contributed by atoms with Crippen molar-refractivity contribution in [3.8, 4) is 0 Å². The molecule has 0 aliphatic rings. The zero-order valence-electron chi connectivity index (χ0n) is 9.42. The molecule has 0 amide bonds. The molecule has 0 saturated carbocycles. The van der Waals surface area contributed by atoms with E-state index in [1.807, 2.05) is 0 Å². The summed E-state index contributed by atoms with van der Waals surface area (Å²) in [5.41, 5.74) is 1.33. The second-order valence-corrected chi connectivity index (χ2v) is 6.07. The van der Waals surface area contributed by atoms with Gasteiger partial charge in [0, 0.05) is 6.61 Å². The van der Waals surface area contributed by atoms with Crippen molar-refractivity contribution in [3.63, 3.8) is 0 Å². The fourth-order valence-corrected chi connectivity index (χ4v) is 3.02. The Hall–Kier alpha value is -0.603. The van der Waals surface area contributed by atoms with Crippen molar-refractivity contribution in [2.24, 2.45) is 0 Å². The van der Waals surface area contributed by atoms with Gasteiger partial charge in [0.15, 0.2) is 0 Å². The number of hydrogen-bond acceptors (Lipinski definition) is 1. The summed E-state index contributed by atoms with van der Waals surface area (Å²) in [7, 11) is -1.12. The second kappa shape index (κ2) is 5.99. The van der Waals surface area contributed by atoms with Gasteiger partial charge in [-0.2, -0.15) is 0 Å². The largest absolute Gasteiger partial charge is 0.416 e. The first kappa shape index (κ1) is 11.5. The van der Waals surface area contributed by atoms with Gasteiger partial charge in [-0.3, -0.25) is 0 Å². The molecule has 78 valence electrons. The van der Waals surface area contributed by atoms with Gasteiger partial charge in [0.2, 0.25) is 9.04 Å². The molecular weight excluding hydrogens is 188 g/mol. The van der Waals surface area contributed by atoms with E-state index in [2.05, 4.69) is 44.7 Å². The highest BCUT2D eigenvalue weighted by molar-refractivity contribution is 6.66. The quantitative estimate of drug-likeness (QED) is 0.533. The first-order valence-corrected chi connectivity index (χ1v) is 7.62. The predicted molar refractivity (Wildman–Crippen MR) is 64.7 cm³/mol. The van der Waals surface area contributed by atoms with Crippen LogP contribution in [0.5, 0.6) is 0 Å². The first-order chi connectivity index (χ1) is 6.74. The zero-order chi connectivity index (χ0) is 10.4. The summed E-state index contributed by atoms with van der Waals surface area (Å²) in [5.74, 6) is 0. The van der Waals surface area contributed by atoms with E-state index in [1.54, 1.807) is 0 Å². The van der Waals surface area contributed by atoms with E-state index >= 15 is 0 Å². The average Bonchev–Trinajstić information content (AvgIpc) is 2.18. The van der Waals surface area contributed by atoms with Gasteiger partial charge < -0.3 is 4.43 Å². The molecular formula is C12H20OSi. The normalized spacial score (nSPS) is 12.8. The molecule has 1 nitrogen and oxygen atoms in total. The van der Waals surface area contributed by atoms with Gasteiger partial charge in [-0.15, -0.1) is 0 Å². The Morgan fingerprint density at radius 2 is 2.14 bits per heavy atom. The molecule has 0 saturated heterocycles. The third-order valence-electron chi connectivity index (χ3n) is 2.38.